The third-order valence-corrected chi connectivity index (χ3v) is 3.99. The van der Waals surface area contributed by atoms with Gasteiger partial charge < -0.3 is 10.4 Å². The van der Waals surface area contributed by atoms with E-state index in [1.54, 1.807) is 36.5 Å². The minimum atomic E-state index is -0.832. The van der Waals surface area contributed by atoms with E-state index in [1.165, 1.54) is 17.4 Å². The zero-order valence-corrected chi connectivity index (χ0v) is 13.0. The Morgan fingerprint density at radius 3 is 2.95 bits per heavy atom. The van der Waals surface area contributed by atoms with Gasteiger partial charge in [-0.15, -0.1) is 11.3 Å². The van der Waals surface area contributed by atoms with E-state index in [0.29, 0.717) is 10.6 Å². The zero-order valence-electron chi connectivity index (χ0n) is 11.4. The molecule has 0 saturated carbocycles. The van der Waals surface area contributed by atoms with Gasteiger partial charge in [-0.3, -0.25) is 4.79 Å². The number of amides is 1. The second kappa shape index (κ2) is 7.36. The summed E-state index contributed by atoms with van der Waals surface area (Å²) in [7, 11) is 0. The molecule has 110 valence electrons. The number of halogens is 1. The number of hydrogen-bond donors (Lipinski definition) is 2. The van der Waals surface area contributed by atoms with Gasteiger partial charge in [0.1, 0.15) is 0 Å². The molecule has 4 nitrogen and oxygen atoms in total. The molecule has 1 aromatic heterocycles. The highest BCUT2D eigenvalue weighted by atomic mass is 35.5. The molecule has 2 aromatic rings. The Balaban J connectivity index is 1.86. The molecular weight excluding hydrogens is 308 g/mol. The van der Waals surface area contributed by atoms with Gasteiger partial charge >= 0.3 is 0 Å². The molecule has 0 aliphatic rings. The number of aliphatic hydroxyl groups is 1. The number of benzene rings is 1. The monoisotopic (exact) mass is 322 g/mol. The van der Waals surface area contributed by atoms with E-state index in [0.717, 1.165) is 9.88 Å². The normalized spacial score (nSPS) is 12.5. The summed E-state index contributed by atoms with van der Waals surface area (Å²) in [5.74, 6) is -0.271. The van der Waals surface area contributed by atoms with E-state index in [2.05, 4.69) is 10.3 Å². The van der Waals surface area contributed by atoms with Crippen molar-refractivity contribution in [2.75, 3.05) is 6.54 Å². The maximum atomic E-state index is 11.7. The lowest BCUT2D eigenvalue weighted by Crippen LogP contribution is -2.26. The van der Waals surface area contributed by atoms with Crippen molar-refractivity contribution in [1.29, 1.82) is 0 Å². The molecule has 21 heavy (non-hydrogen) atoms. The molecular formula is C15H15ClN2O2S. The Morgan fingerprint density at radius 2 is 2.29 bits per heavy atom. The first-order valence-corrected chi connectivity index (χ1v) is 7.56. The standard InChI is InChI=1S/C15H15ClN2O2S/c1-10-17-8-11(21-10)6-7-15(20)18-9-14(19)12-4-2-3-5-13(12)16/h2-8,14,19H,9H2,1H3,(H,18,20)/b7-6+. The Labute approximate surface area is 132 Å². The van der Waals surface area contributed by atoms with Crippen LogP contribution in [0, 0.1) is 6.92 Å². The molecule has 0 bridgehead atoms. The van der Waals surface area contributed by atoms with E-state index < -0.39 is 6.10 Å². The number of nitrogens with zero attached hydrogens (tertiary/aromatic N) is 1. The summed E-state index contributed by atoms with van der Waals surface area (Å²) in [5, 5.41) is 14.1. The SMILES string of the molecule is Cc1ncc(/C=C/C(=O)NCC(O)c2ccccc2Cl)s1. The highest BCUT2D eigenvalue weighted by Gasteiger charge is 2.11. The second-order valence-corrected chi connectivity index (χ2v) is 6.07. The van der Waals surface area contributed by atoms with Gasteiger partial charge in [-0.25, -0.2) is 4.98 Å². The summed E-state index contributed by atoms with van der Waals surface area (Å²) >= 11 is 7.49. The summed E-state index contributed by atoms with van der Waals surface area (Å²) in [5.41, 5.74) is 0.599. The fourth-order valence-corrected chi connectivity index (χ4v) is 2.67. The molecule has 1 unspecified atom stereocenters. The fourth-order valence-electron chi connectivity index (χ4n) is 1.72. The maximum Gasteiger partial charge on any atom is 0.244 e. The highest BCUT2D eigenvalue weighted by molar-refractivity contribution is 7.12. The van der Waals surface area contributed by atoms with Crippen molar-refractivity contribution in [3.8, 4) is 0 Å². The quantitative estimate of drug-likeness (QED) is 0.832. The number of aromatic nitrogens is 1. The van der Waals surface area contributed by atoms with Crippen LogP contribution in [0.1, 0.15) is 21.6 Å². The number of hydrogen-bond acceptors (Lipinski definition) is 4. The molecule has 1 atom stereocenters. The van der Waals surface area contributed by atoms with E-state index in [4.69, 9.17) is 11.6 Å². The molecule has 6 heteroatoms. The van der Waals surface area contributed by atoms with Crippen molar-refractivity contribution in [3.63, 3.8) is 0 Å². The number of carbonyl (C=O) groups excluding carboxylic acids is 1. The van der Waals surface area contributed by atoms with Crippen LogP contribution in [0.2, 0.25) is 5.02 Å². The Hall–Kier alpha value is -1.69. The zero-order chi connectivity index (χ0) is 15.2. The number of aryl methyl sites for hydroxylation is 1. The van der Waals surface area contributed by atoms with Crippen LogP contribution in [0.15, 0.2) is 36.5 Å². The van der Waals surface area contributed by atoms with Crippen LogP contribution in [0.4, 0.5) is 0 Å². The molecule has 0 aliphatic heterocycles. The number of carbonyl (C=O) groups is 1. The molecule has 0 fully saturated rings. The molecule has 1 heterocycles. The number of aliphatic hydroxyl groups excluding tert-OH is 1. The van der Waals surface area contributed by atoms with Gasteiger partial charge in [0.25, 0.3) is 0 Å². The van der Waals surface area contributed by atoms with Crippen LogP contribution < -0.4 is 5.32 Å². The number of nitrogens with one attached hydrogen (secondary N) is 1. The van der Waals surface area contributed by atoms with Gasteiger partial charge in [0.15, 0.2) is 0 Å². The lowest BCUT2D eigenvalue weighted by atomic mass is 10.1. The average Bonchev–Trinajstić information content (AvgIpc) is 2.89. The van der Waals surface area contributed by atoms with Gasteiger partial charge in [0.2, 0.25) is 5.91 Å². The molecule has 0 spiro atoms. The minimum absolute atomic E-state index is 0.106. The molecule has 1 amide bonds. The summed E-state index contributed by atoms with van der Waals surface area (Å²) in [6, 6.07) is 7.01. The Morgan fingerprint density at radius 1 is 1.52 bits per heavy atom. The third kappa shape index (κ3) is 4.67. The Kier molecular flexibility index (Phi) is 5.50. The second-order valence-electron chi connectivity index (χ2n) is 4.40. The van der Waals surface area contributed by atoms with Crippen molar-refractivity contribution in [2.45, 2.75) is 13.0 Å². The van der Waals surface area contributed by atoms with Crippen LogP contribution in [0.25, 0.3) is 6.08 Å². The van der Waals surface area contributed by atoms with Gasteiger partial charge in [0, 0.05) is 34.3 Å². The summed E-state index contributed by atoms with van der Waals surface area (Å²) in [4.78, 5) is 16.7. The van der Waals surface area contributed by atoms with Crippen LogP contribution in [0.5, 0.6) is 0 Å². The van der Waals surface area contributed by atoms with E-state index in [1.807, 2.05) is 6.92 Å². The lowest BCUT2D eigenvalue weighted by molar-refractivity contribution is -0.116. The van der Waals surface area contributed by atoms with Gasteiger partial charge in [-0.2, -0.15) is 0 Å². The van der Waals surface area contributed by atoms with Crippen molar-refractivity contribution in [3.05, 3.63) is 57.0 Å². The van der Waals surface area contributed by atoms with Crippen molar-refractivity contribution in [2.24, 2.45) is 0 Å². The Bertz CT molecular complexity index is 655. The van der Waals surface area contributed by atoms with Crippen LogP contribution in [-0.2, 0) is 4.79 Å². The van der Waals surface area contributed by atoms with Crippen LogP contribution in [-0.4, -0.2) is 22.5 Å². The average molecular weight is 323 g/mol. The van der Waals surface area contributed by atoms with Crippen molar-refractivity contribution >= 4 is 34.9 Å². The number of rotatable bonds is 5. The molecule has 0 aliphatic carbocycles. The number of thiazole rings is 1. The van der Waals surface area contributed by atoms with E-state index in [9.17, 15) is 9.90 Å². The van der Waals surface area contributed by atoms with Crippen molar-refractivity contribution in [1.82, 2.24) is 10.3 Å². The first-order valence-electron chi connectivity index (χ1n) is 6.37. The smallest absolute Gasteiger partial charge is 0.244 e. The van der Waals surface area contributed by atoms with Crippen LogP contribution >= 0.6 is 22.9 Å². The first kappa shape index (κ1) is 15.7. The largest absolute Gasteiger partial charge is 0.387 e. The topological polar surface area (TPSA) is 62.2 Å². The van der Waals surface area contributed by atoms with Gasteiger partial charge in [-0.05, 0) is 19.1 Å². The van der Waals surface area contributed by atoms with E-state index >= 15 is 0 Å². The molecule has 0 saturated heterocycles. The first-order chi connectivity index (χ1) is 10.1. The van der Waals surface area contributed by atoms with Gasteiger partial charge in [0.05, 0.1) is 11.1 Å². The van der Waals surface area contributed by atoms with Crippen LogP contribution in [0.3, 0.4) is 0 Å². The summed E-state index contributed by atoms with van der Waals surface area (Å²) < 4.78 is 0. The summed E-state index contributed by atoms with van der Waals surface area (Å²) in [6.45, 7) is 2.01. The maximum absolute atomic E-state index is 11.7. The predicted octanol–water partition coefficient (Wildman–Crippen LogP) is 2.97. The molecule has 1 aromatic carbocycles. The third-order valence-electron chi connectivity index (χ3n) is 2.77. The van der Waals surface area contributed by atoms with E-state index in [-0.39, 0.29) is 12.5 Å². The molecule has 2 rings (SSSR count). The highest BCUT2D eigenvalue weighted by Crippen LogP contribution is 2.21. The lowest BCUT2D eigenvalue weighted by Gasteiger charge is -2.12. The predicted molar refractivity (Wildman–Crippen MR) is 85.3 cm³/mol. The summed E-state index contributed by atoms with van der Waals surface area (Å²) in [6.07, 6.45) is 4.00. The molecule has 2 N–H and O–H groups in total. The minimum Gasteiger partial charge on any atom is -0.387 e. The fraction of sp³-hybridized carbons (Fsp3) is 0.200. The van der Waals surface area contributed by atoms with Crippen molar-refractivity contribution < 1.29 is 9.90 Å². The van der Waals surface area contributed by atoms with Gasteiger partial charge in [-0.1, -0.05) is 29.8 Å². The molecule has 0 radical (unpaired) electrons.